The molecule has 1 aromatic rings. The number of nitrogens with one attached hydrogen (secondary N) is 1. The Hall–Kier alpha value is -2.19. The Morgan fingerprint density at radius 1 is 1.15 bits per heavy atom. The average Bonchev–Trinajstić information content (AvgIpc) is 2.26. The third kappa shape index (κ3) is 2.70. The van der Waals surface area contributed by atoms with Gasteiger partial charge in [-0.1, -0.05) is 6.07 Å². The van der Waals surface area contributed by atoms with Crippen LogP contribution in [0.25, 0.3) is 0 Å². The van der Waals surface area contributed by atoms with Crippen LogP contribution in [-0.2, 0) is 4.79 Å². The van der Waals surface area contributed by atoms with Gasteiger partial charge in [0.25, 0.3) is 5.91 Å². The minimum absolute atomic E-state index is 0.173. The molecule has 0 aliphatic rings. The fraction of sp³-hybridized carbons (Fsp3) is 0.273. The molecule has 0 spiro atoms. The van der Waals surface area contributed by atoms with Gasteiger partial charge < -0.3 is 10.4 Å². The Morgan fingerprint density at radius 3 is 1.95 bits per heavy atom. The first-order valence-electron chi connectivity index (χ1n) is 5.07. The van der Waals surface area contributed by atoms with Gasteiger partial charge in [-0.05, 0) is 19.1 Å². The molecule has 0 saturated heterocycles. The summed E-state index contributed by atoms with van der Waals surface area (Å²) >= 11 is 0. The molecule has 1 rings (SSSR count). The Labute approximate surface area is 109 Å². The highest BCUT2D eigenvalue weighted by atomic mass is 19.4. The van der Waals surface area contributed by atoms with Gasteiger partial charge in [0.1, 0.15) is 17.2 Å². The van der Waals surface area contributed by atoms with Crippen LogP contribution in [-0.4, -0.2) is 28.7 Å². The molecule has 0 heterocycles. The summed E-state index contributed by atoms with van der Waals surface area (Å²) in [6, 6.07) is 2.22. The minimum Gasteiger partial charge on any atom is -0.479 e. The largest absolute Gasteiger partial charge is 0.479 e. The van der Waals surface area contributed by atoms with Gasteiger partial charge in [-0.15, -0.1) is 0 Å². The van der Waals surface area contributed by atoms with Crippen LogP contribution in [0, 0.1) is 11.6 Å². The summed E-state index contributed by atoms with van der Waals surface area (Å²) in [5.41, 5.74) is -4.96. The van der Waals surface area contributed by atoms with E-state index in [1.165, 1.54) is 0 Å². The van der Waals surface area contributed by atoms with Crippen molar-refractivity contribution in [3.8, 4) is 0 Å². The quantitative estimate of drug-likeness (QED) is 0.840. The van der Waals surface area contributed by atoms with Crippen LogP contribution in [0.2, 0.25) is 0 Å². The van der Waals surface area contributed by atoms with E-state index in [4.69, 9.17) is 5.11 Å². The van der Waals surface area contributed by atoms with Gasteiger partial charge in [0.05, 0.1) is 0 Å². The molecule has 20 heavy (non-hydrogen) atoms. The number of hydrogen-bond donors (Lipinski definition) is 2. The predicted octanol–water partition coefficient (Wildman–Crippen LogP) is 2.10. The minimum atomic E-state index is -5.35. The summed E-state index contributed by atoms with van der Waals surface area (Å²) in [4.78, 5) is 22.2. The molecule has 0 bridgehead atoms. The standard InChI is InChI=1S/C11H8F5NO3/c1-10(9(19)20,11(14,15)16)17-8(18)7-5(12)3-2-4-6(7)13/h2-4H,1H3,(H,17,18)(H,19,20). The van der Waals surface area contributed by atoms with Crippen molar-refractivity contribution >= 4 is 11.9 Å². The van der Waals surface area contributed by atoms with E-state index in [1.807, 2.05) is 0 Å². The van der Waals surface area contributed by atoms with Gasteiger partial charge in [0, 0.05) is 0 Å². The average molecular weight is 297 g/mol. The SMILES string of the molecule is CC(NC(=O)c1c(F)cccc1F)(C(=O)O)C(F)(F)F. The zero-order valence-electron chi connectivity index (χ0n) is 9.89. The number of carbonyl (C=O) groups is 2. The summed E-state index contributed by atoms with van der Waals surface area (Å²) in [6.45, 7) is 0.173. The van der Waals surface area contributed by atoms with Crippen LogP contribution in [0.5, 0.6) is 0 Å². The zero-order valence-corrected chi connectivity index (χ0v) is 9.89. The first kappa shape index (κ1) is 15.9. The highest BCUT2D eigenvalue weighted by molar-refractivity contribution is 5.98. The highest BCUT2D eigenvalue weighted by Gasteiger charge is 2.58. The fourth-order valence-electron chi connectivity index (χ4n) is 1.25. The summed E-state index contributed by atoms with van der Waals surface area (Å²) in [7, 11) is 0. The maximum Gasteiger partial charge on any atom is 0.422 e. The van der Waals surface area contributed by atoms with E-state index in [1.54, 1.807) is 0 Å². The topological polar surface area (TPSA) is 66.4 Å². The number of halogens is 5. The van der Waals surface area contributed by atoms with Gasteiger partial charge in [-0.3, -0.25) is 4.79 Å². The maximum absolute atomic E-state index is 13.2. The number of carbonyl (C=O) groups excluding carboxylic acids is 1. The number of alkyl halides is 3. The van der Waals surface area contributed by atoms with Gasteiger partial charge >= 0.3 is 12.1 Å². The van der Waals surface area contributed by atoms with Crippen molar-refractivity contribution in [2.75, 3.05) is 0 Å². The van der Waals surface area contributed by atoms with E-state index in [-0.39, 0.29) is 6.92 Å². The number of rotatable bonds is 3. The van der Waals surface area contributed by atoms with Gasteiger partial charge in [0.2, 0.25) is 5.54 Å². The summed E-state index contributed by atoms with van der Waals surface area (Å²) < 4.78 is 64.4. The molecule has 0 aliphatic carbocycles. The van der Waals surface area contributed by atoms with Crippen molar-refractivity contribution in [3.05, 3.63) is 35.4 Å². The van der Waals surface area contributed by atoms with Crippen LogP contribution < -0.4 is 5.32 Å². The lowest BCUT2D eigenvalue weighted by Crippen LogP contribution is -2.62. The van der Waals surface area contributed by atoms with Crippen LogP contribution in [0.15, 0.2) is 18.2 Å². The molecule has 0 aliphatic heterocycles. The number of amides is 1. The van der Waals surface area contributed by atoms with Gasteiger partial charge in [0.15, 0.2) is 0 Å². The molecule has 0 radical (unpaired) electrons. The Bertz CT molecular complexity index is 537. The van der Waals surface area contributed by atoms with Crippen molar-refractivity contribution in [1.82, 2.24) is 5.32 Å². The normalized spacial score (nSPS) is 14.5. The van der Waals surface area contributed by atoms with Crippen LogP contribution in [0.3, 0.4) is 0 Å². The third-order valence-electron chi connectivity index (χ3n) is 2.55. The molecule has 0 fully saturated rings. The molecule has 1 amide bonds. The van der Waals surface area contributed by atoms with E-state index in [2.05, 4.69) is 0 Å². The van der Waals surface area contributed by atoms with Crippen molar-refractivity contribution in [2.45, 2.75) is 18.6 Å². The Kier molecular flexibility index (Phi) is 4.02. The molecule has 0 saturated carbocycles. The van der Waals surface area contributed by atoms with E-state index < -0.39 is 40.8 Å². The highest BCUT2D eigenvalue weighted by Crippen LogP contribution is 2.31. The number of hydrogen-bond acceptors (Lipinski definition) is 2. The van der Waals surface area contributed by atoms with Crippen LogP contribution in [0.4, 0.5) is 22.0 Å². The molecule has 1 atom stereocenters. The fourth-order valence-corrected chi connectivity index (χ4v) is 1.25. The third-order valence-corrected chi connectivity index (χ3v) is 2.55. The monoisotopic (exact) mass is 297 g/mol. The van der Waals surface area contributed by atoms with Gasteiger partial charge in [-0.25, -0.2) is 13.6 Å². The Balaban J connectivity index is 3.20. The molecule has 4 nitrogen and oxygen atoms in total. The zero-order chi connectivity index (χ0) is 15.7. The first-order valence-corrected chi connectivity index (χ1v) is 5.07. The summed E-state index contributed by atoms with van der Waals surface area (Å²) in [6.07, 6.45) is -5.35. The molecular weight excluding hydrogens is 289 g/mol. The second-order valence-corrected chi connectivity index (χ2v) is 3.98. The molecule has 1 aromatic carbocycles. The molecule has 110 valence electrons. The summed E-state index contributed by atoms with van der Waals surface area (Å²) in [5, 5.41) is 9.67. The van der Waals surface area contributed by atoms with Crippen molar-refractivity contribution in [3.63, 3.8) is 0 Å². The van der Waals surface area contributed by atoms with Crippen LogP contribution >= 0.6 is 0 Å². The lowest BCUT2D eigenvalue weighted by Gasteiger charge is -2.28. The Morgan fingerprint density at radius 2 is 1.60 bits per heavy atom. The maximum atomic E-state index is 13.2. The molecule has 0 aromatic heterocycles. The molecule has 9 heteroatoms. The molecule has 2 N–H and O–H groups in total. The van der Waals surface area contributed by atoms with Crippen molar-refractivity contribution < 1.29 is 36.6 Å². The van der Waals surface area contributed by atoms with E-state index >= 15 is 0 Å². The first-order chi connectivity index (χ1) is 9.00. The number of carboxylic acid groups (broad SMARTS) is 1. The second-order valence-electron chi connectivity index (χ2n) is 3.98. The summed E-state index contributed by atoms with van der Waals surface area (Å²) in [5.74, 6) is -7.03. The van der Waals surface area contributed by atoms with Gasteiger partial charge in [-0.2, -0.15) is 13.2 Å². The van der Waals surface area contributed by atoms with E-state index in [0.717, 1.165) is 11.4 Å². The smallest absolute Gasteiger partial charge is 0.422 e. The second kappa shape index (κ2) is 5.06. The van der Waals surface area contributed by atoms with Crippen LogP contribution in [0.1, 0.15) is 17.3 Å². The number of benzene rings is 1. The molecule has 1 unspecified atom stereocenters. The number of carboxylic acids is 1. The predicted molar refractivity (Wildman–Crippen MR) is 55.9 cm³/mol. The van der Waals surface area contributed by atoms with E-state index in [9.17, 15) is 31.5 Å². The lowest BCUT2D eigenvalue weighted by molar-refractivity contribution is -0.203. The number of aliphatic carboxylic acids is 1. The molecular formula is C11H8F5NO3. The van der Waals surface area contributed by atoms with Crippen molar-refractivity contribution in [2.24, 2.45) is 0 Å². The van der Waals surface area contributed by atoms with E-state index in [0.29, 0.717) is 12.1 Å². The van der Waals surface area contributed by atoms with Crippen molar-refractivity contribution in [1.29, 1.82) is 0 Å². The lowest BCUT2D eigenvalue weighted by atomic mass is 10.0.